The molecule has 3 aromatic rings. The zero-order chi connectivity index (χ0) is 24.6. The van der Waals surface area contributed by atoms with Crippen molar-refractivity contribution in [3.05, 3.63) is 98.8 Å². The van der Waals surface area contributed by atoms with E-state index in [2.05, 4.69) is 27.8 Å². The number of aryl methyl sites for hydroxylation is 3. The molecule has 5 rings (SSSR count). The van der Waals surface area contributed by atoms with E-state index in [-0.39, 0.29) is 23.3 Å². The van der Waals surface area contributed by atoms with Crippen LogP contribution in [0.25, 0.3) is 0 Å². The van der Waals surface area contributed by atoms with Crippen LogP contribution in [-0.2, 0) is 18.3 Å². The van der Waals surface area contributed by atoms with Gasteiger partial charge in [-0.25, -0.2) is 0 Å². The van der Waals surface area contributed by atoms with Crippen molar-refractivity contribution in [2.75, 3.05) is 6.54 Å². The molecule has 35 heavy (non-hydrogen) atoms. The fourth-order valence-corrected chi connectivity index (χ4v) is 5.80. The number of halogens is 1. The number of hydrogen-bond acceptors (Lipinski definition) is 3. The summed E-state index contributed by atoms with van der Waals surface area (Å²) in [6.45, 7) is 4.48. The molecule has 1 heterocycles. The molecule has 0 unspecified atom stereocenters. The first-order valence-corrected chi connectivity index (χ1v) is 12.6. The number of nitrogens with zero attached hydrogens (tertiary/aromatic N) is 1. The van der Waals surface area contributed by atoms with Gasteiger partial charge in [-0.3, -0.25) is 14.6 Å². The normalized spacial score (nSPS) is 20.6. The monoisotopic (exact) mass is 487 g/mol. The second-order valence-corrected chi connectivity index (χ2v) is 10.4. The van der Waals surface area contributed by atoms with Gasteiger partial charge in [-0.15, -0.1) is 0 Å². The summed E-state index contributed by atoms with van der Waals surface area (Å²) in [4.78, 5) is 30.5. The zero-order valence-electron chi connectivity index (χ0n) is 20.2. The van der Waals surface area contributed by atoms with Gasteiger partial charge in [0.15, 0.2) is 0 Å². The van der Waals surface area contributed by atoms with Gasteiger partial charge in [-0.05, 0) is 86.4 Å². The van der Waals surface area contributed by atoms with Crippen molar-refractivity contribution >= 4 is 23.4 Å². The van der Waals surface area contributed by atoms with Gasteiger partial charge >= 0.3 is 0 Å². The van der Waals surface area contributed by atoms with E-state index >= 15 is 0 Å². The molecule has 0 radical (unpaired) electrons. The quantitative estimate of drug-likeness (QED) is 0.508. The Balaban J connectivity index is 1.29. The van der Waals surface area contributed by atoms with Crippen molar-refractivity contribution in [3.63, 3.8) is 0 Å². The van der Waals surface area contributed by atoms with Crippen molar-refractivity contribution in [2.45, 2.75) is 57.4 Å². The lowest BCUT2D eigenvalue weighted by Gasteiger charge is -2.48. The minimum absolute atomic E-state index is 0.0162. The number of pyridine rings is 1. The van der Waals surface area contributed by atoms with Crippen LogP contribution in [0.4, 0.5) is 0 Å². The second kappa shape index (κ2) is 9.46. The third-order valence-electron chi connectivity index (χ3n) is 7.64. The molecule has 0 saturated heterocycles. The molecule has 1 saturated carbocycles. The van der Waals surface area contributed by atoms with Crippen LogP contribution >= 0.6 is 11.6 Å². The van der Waals surface area contributed by atoms with Crippen molar-refractivity contribution < 1.29 is 9.59 Å². The molecule has 0 aliphatic heterocycles. The van der Waals surface area contributed by atoms with E-state index < -0.39 is 0 Å². The maximum absolute atomic E-state index is 13.1. The summed E-state index contributed by atoms with van der Waals surface area (Å²) in [5.74, 6) is -0.198. The highest BCUT2D eigenvalue weighted by atomic mass is 35.5. The Bertz CT molecular complexity index is 1280. The van der Waals surface area contributed by atoms with E-state index in [1.54, 1.807) is 6.20 Å². The van der Waals surface area contributed by atoms with Crippen molar-refractivity contribution in [1.82, 2.24) is 15.6 Å². The molecule has 1 aromatic heterocycles. The molecular formula is C29H30ClN3O2. The van der Waals surface area contributed by atoms with Crippen LogP contribution in [-0.4, -0.2) is 29.4 Å². The number of rotatable bonds is 6. The largest absolute Gasteiger partial charge is 0.351 e. The highest BCUT2D eigenvalue weighted by molar-refractivity contribution is 6.34. The molecule has 1 fully saturated rings. The van der Waals surface area contributed by atoms with Gasteiger partial charge in [-0.2, -0.15) is 0 Å². The Kier molecular flexibility index (Phi) is 6.37. The molecule has 2 N–H and O–H groups in total. The van der Waals surface area contributed by atoms with Crippen LogP contribution in [0.2, 0.25) is 5.02 Å². The molecule has 2 aliphatic carbocycles. The number of hydrogen-bond donors (Lipinski definition) is 2. The summed E-state index contributed by atoms with van der Waals surface area (Å²) in [6, 6.07) is 15.8. The van der Waals surface area contributed by atoms with Gasteiger partial charge < -0.3 is 10.6 Å². The van der Waals surface area contributed by atoms with Gasteiger partial charge in [-0.1, -0.05) is 41.9 Å². The number of fused-ring (bicyclic) bond motifs is 1. The topological polar surface area (TPSA) is 71.1 Å². The third-order valence-corrected chi connectivity index (χ3v) is 7.95. The average Bonchev–Trinajstić information content (AvgIpc) is 3.32. The fraction of sp³-hybridized carbons (Fsp3) is 0.345. The van der Waals surface area contributed by atoms with Crippen molar-refractivity contribution in [2.24, 2.45) is 0 Å². The van der Waals surface area contributed by atoms with Crippen molar-refractivity contribution in [1.29, 1.82) is 0 Å². The summed E-state index contributed by atoms with van der Waals surface area (Å²) in [5, 5.41) is 6.82. The van der Waals surface area contributed by atoms with Crippen LogP contribution in [0.1, 0.15) is 67.9 Å². The second-order valence-electron chi connectivity index (χ2n) is 9.96. The van der Waals surface area contributed by atoms with Gasteiger partial charge in [0, 0.05) is 35.5 Å². The number of benzene rings is 2. The maximum atomic E-state index is 13.1. The summed E-state index contributed by atoms with van der Waals surface area (Å²) in [5.41, 5.74) is 6.43. The van der Waals surface area contributed by atoms with Crippen LogP contribution in [0, 0.1) is 13.8 Å². The SMILES string of the molecule is Cc1cc(Cl)c(C(=O)NC2CC(CNC(=O)c3ccnc4c3CCC4)(c3ccccc3)C2)cc1C. The highest BCUT2D eigenvalue weighted by Gasteiger charge is 2.46. The van der Waals surface area contributed by atoms with E-state index in [0.717, 1.165) is 60.1 Å². The van der Waals surface area contributed by atoms with Crippen LogP contribution < -0.4 is 10.6 Å². The lowest BCUT2D eigenvalue weighted by molar-refractivity contribution is 0.0823. The molecule has 2 amide bonds. The Morgan fingerprint density at radius 3 is 2.51 bits per heavy atom. The minimum Gasteiger partial charge on any atom is -0.351 e. The molecule has 2 aliphatic rings. The first kappa shape index (κ1) is 23.6. The summed E-state index contributed by atoms with van der Waals surface area (Å²) >= 11 is 6.36. The molecule has 0 bridgehead atoms. The van der Waals surface area contributed by atoms with Gasteiger partial charge in [0.1, 0.15) is 0 Å². The highest BCUT2D eigenvalue weighted by Crippen LogP contribution is 2.44. The third kappa shape index (κ3) is 4.57. The smallest absolute Gasteiger partial charge is 0.253 e. The number of amides is 2. The maximum Gasteiger partial charge on any atom is 0.253 e. The molecular weight excluding hydrogens is 458 g/mol. The molecule has 0 spiro atoms. The van der Waals surface area contributed by atoms with E-state index in [1.807, 2.05) is 50.2 Å². The Hall–Kier alpha value is -3.18. The first-order chi connectivity index (χ1) is 16.9. The average molecular weight is 488 g/mol. The number of carbonyl (C=O) groups is 2. The summed E-state index contributed by atoms with van der Waals surface area (Å²) in [6.07, 6.45) is 6.13. The lowest BCUT2D eigenvalue weighted by atomic mass is 9.61. The molecule has 6 heteroatoms. The lowest BCUT2D eigenvalue weighted by Crippen LogP contribution is -2.57. The van der Waals surface area contributed by atoms with E-state index in [9.17, 15) is 9.59 Å². The fourth-order valence-electron chi connectivity index (χ4n) is 5.50. The van der Waals surface area contributed by atoms with Gasteiger partial charge in [0.05, 0.1) is 10.6 Å². The van der Waals surface area contributed by atoms with Gasteiger partial charge in [0.2, 0.25) is 0 Å². The van der Waals surface area contributed by atoms with Crippen LogP contribution in [0.3, 0.4) is 0 Å². The molecule has 2 aromatic carbocycles. The molecule has 0 atom stereocenters. The zero-order valence-corrected chi connectivity index (χ0v) is 20.9. The Morgan fingerprint density at radius 1 is 1.00 bits per heavy atom. The minimum atomic E-state index is -0.224. The predicted octanol–water partition coefficient (Wildman–Crippen LogP) is 5.10. The Labute approximate surface area is 211 Å². The molecule has 5 nitrogen and oxygen atoms in total. The number of nitrogens with one attached hydrogen (secondary N) is 2. The molecule has 180 valence electrons. The van der Waals surface area contributed by atoms with Crippen LogP contribution in [0.15, 0.2) is 54.7 Å². The predicted molar refractivity (Wildman–Crippen MR) is 138 cm³/mol. The van der Waals surface area contributed by atoms with Crippen molar-refractivity contribution in [3.8, 4) is 0 Å². The van der Waals surface area contributed by atoms with Gasteiger partial charge in [0.25, 0.3) is 11.8 Å². The Morgan fingerprint density at radius 2 is 1.74 bits per heavy atom. The summed E-state index contributed by atoms with van der Waals surface area (Å²) in [7, 11) is 0. The standard InChI is InChI=1S/C29H30ClN3O2/c1-18-13-24(25(30)14-19(18)2)28(35)33-21-15-29(16-21,20-7-4-3-5-8-20)17-32-27(34)23-11-12-31-26-10-6-9-22(23)26/h3-5,7-8,11-14,21H,6,9-10,15-17H2,1-2H3,(H,32,34)(H,33,35). The first-order valence-electron chi connectivity index (χ1n) is 12.2. The van der Waals surface area contributed by atoms with E-state index in [0.29, 0.717) is 17.1 Å². The van der Waals surface area contributed by atoms with E-state index in [4.69, 9.17) is 11.6 Å². The van der Waals surface area contributed by atoms with E-state index in [1.165, 1.54) is 5.56 Å². The van der Waals surface area contributed by atoms with Crippen LogP contribution in [0.5, 0.6) is 0 Å². The number of aromatic nitrogens is 1. The number of carbonyl (C=O) groups excluding carboxylic acids is 2. The summed E-state index contributed by atoms with van der Waals surface area (Å²) < 4.78 is 0.